The van der Waals surface area contributed by atoms with Crippen LogP contribution in [0.1, 0.15) is 17.5 Å². The lowest BCUT2D eigenvalue weighted by Gasteiger charge is -2.31. The molecule has 4 nitrogen and oxygen atoms in total. The lowest BCUT2D eigenvalue weighted by atomic mass is 10.1. The number of hydrogen-bond donors (Lipinski definition) is 2. The SMILES string of the molecule is Cl.O=C(CN1CCNc2ccccc21)Nc1ccc2c(c1)CCC2. The second kappa shape index (κ2) is 7.14. The smallest absolute Gasteiger partial charge is 0.243 e. The third-order valence-electron chi connectivity index (χ3n) is 4.66. The Hall–Kier alpha value is -2.20. The molecule has 5 heteroatoms. The molecule has 24 heavy (non-hydrogen) atoms. The summed E-state index contributed by atoms with van der Waals surface area (Å²) in [5.41, 5.74) is 5.93. The Morgan fingerprint density at radius 2 is 1.96 bits per heavy atom. The van der Waals surface area contributed by atoms with E-state index in [4.69, 9.17) is 0 Å². The van der Waals surface area contributed by atoms with Crippen LogP contribution in [0.5, 0.6) is 0 Å². The summed E-state index contributed by atoms with van der Waals surface area (Å²) in [6.07, 6.45) is 3.52. The summed E-state index contributed by atoms with van der Waals surface area (Å²) in [6.45, 7) is 2.09. The Balaban J connectivity index is 0.00000169. The molecule has 0 fully saturated rings. The van der Waals surface area contributed by atoms with Crippen molar-refractivity contribution in [3.05, 3.63) is 53.6 Å². The average Bonchev–Trinajstić information content (AvgIpc) is 3.03. The number of fused-ring (bicyclic) bond motifs is 2. The first kappa shape index (κ1) is 16.7. The molecule has 0 aromatic heterocycles. The number of hydrogen-bond acceptors (Lipinski definition) is 3. The first-order valence-electron chi connectivity index (χ1n) is 8.29. The molecule has 0 bridgehead atoms. The first-order valence-corrected chi connectivity index (χ1v) is 8.29. The fourth-order valence-electron chi connectivity index (χ4n) is 3.53. The number of nitrogens with zero attached hydrogens (tertiary/aromatic N) is 1. The van der Waals surface area contributed by atoms with E-state index in [1.165, 1.54) is 24.0 Å². The molecule has 0 saturated heterocycles. The normalized spacial score (nSPS) is 14.9. The summed E-state index contributed by atoms with van der Waals surface area (Å²) in [6, 6.07) is 14.4. The van der Waals surface area contributed by atoms with E-state index in [1.807, 2.05) is 18.2 Å². The van der Waals surface area contributed by atoms with Gasteiger partial charge in [0, 0.05) is 18.8 Å². The minimum absolute atomic E-state index is 0. The van der Waals surface area contributed by atoms with Crippen LogP contribution in [0, 0.1) is 0 Å². The zero-order chi connectivity index (χ0) is 15.6. The summed E-state index contributed by atoms with van der Waals surface area (Å²) in [5.74, 6) is 0.0413. The summed E-state index contributed by atoms with van der Waals surface area (Å²) in [4.78, 5) is 14.6. The maximum atomic E-state index is 12.4. The molecule has 4 rings (SSSR count). The van der Waals surface area contributed by atoms with E-state index in [2.05, 4.69) is 39.8 Å². The van der Waals surface area contributed by atoms with E-state index >= 15 is 0 Å². The molecule has 0 atom stereocenters. The van der Waals surface area contributed by atoms with Crippen molar-refractivity contribution in [2.24, 2.45) is 0 Å². The number of carbonyl (C=O) groups excluding carboxylic acids is 1. The topological polar surface area (TPSA) is 44.4 Å². The number of anilines is 3. The van der Waals surface area contributed by atoms with Gasteiger partial charge in [-0.15, -0.1) is 12.4 Å². The quantitative estimate of drug-likeness (QED) is 0.897. The molecule has 0 saturated carbocycles. The molecule has 1 amide bonds. The molecule has 2 aliphatic rings. The molecule has 2 N–H and O–H groups in total. The number of amides is 1. The van der Waals surface area contributed by atoms with Crippen LogP contribution in [0.2, 0.25) is 0 Å². The molecular formula is C19H22ClN3O. The van der Waals surface area contributed by atoms with Crippen LogP contribution in [0.3, 0.4) is 0 Å². The van der Waals surface area contributed by atoms with Crippen molar-refractivity contribution >= 4 is 35.4 Å². The van der Waals surface area contributed by atoms with E-state index in [0.29, 0.717) is 6.54 Å². The van der Waals surface area contributed by atoms with Crippen molar-refractivity contribution in [1.82, 2.24) is 0 Å². The molecule has 126 valence electrons. The summed E-state index contributed by atoms with van der Waals surface area (Å²) in [7, 11) is 0. The Labute approximate surface area is 148 Å². The zero-order valence-electron chi connectivity index (χ0n) is 13.5. The zero-order valence-corrected chi connectivity index (χ0v) is 14.4. The Kier molecular flexibility index (Phi) is 4.95. The van der Waals surface area contributed by atoms with Crippen molar-refractivity contribution < 1.29 is 4.79 Å². The van der Waals surface area contributed by atoms with Crippen LogP contribution in [0.4, 0.5) is 17.1 Å². The fraction of sp³-hybridized carbons (Fsp3) is 0.316. The second-order valence-electron chi connectivity index (χ2n) is 6.25. The number of rotatable bonds is 3. The van der Waals surface area contributed by atoms with Gasteiger partial charge in [-0.25, -0.2) is 0 Å². The van der Waals surface area contributed by atoms with E-state index in [0.717, 1.165) is 36.6 Å². The first-order chi connectivity index (χ1) is 11.3. The standard InChI is InChI=1S/C19H21N3O.ClH/c23-19(21-16-9-8-14-4-3-5-15(14)12-16)13-22-11-10-20-17-6-1-2-7-18(17)22;/h1-2,6-9,12,20H,3-5,10-11,13H2,(H,21,23);1H. The minimum Gasteiger partial charge on any atom is -0.382 e. The van der Waals surface area contributed by atoms with Gasteiger partial charge in [-0.3, -0.25) is 4.79 Å². The van der Waals surface area contributed by atoms with Crippen molar-refractivity contribution in [2.75, 3.05) is 35.2 Å². The number of halogens is 1. The Morgan fingerprint density at radius 1 is 1.12 bits per heavy atom. The highest BCUT2D eigenvalue weighted by Gasteiger charge is 2.18. The van der Waals surface area contributed by atoms with Gasteiger partial charge in [-0.05, 0) is 54.7 Å². The number of carbonyl (C=O) groups is 1. The van der Waals surface area contributed by atoms with Crippen LogP contribution in [-0.4, -0.2) is 25.5 Å². The van der Waals surface area contributed by atoms with Crippen LogP contribution >= 0.6 is 12.4 Å². The summed E-state index contributed by atoms with van der Waals surface area (Å²) < 4.78 is 0. The van der Waals surface area contributed by atoms with Gasteiger partial charge >= 0.3 is 0 Å². The van der Waals surface area contributed by atoms with Crippen LogP contribution in [0.25, 0.3) is 0 Å². The molecule has 0 unspecified atom stereocenters. The highest BCUT2D eigenvalue weighted by molar-refractivity contribution is 5.95. The molecular weight excluding hydrogens is 322 g/mol. The van der Waals surface area contributed by atoms with Crippen LogP contribution in [0.15, 0.2) is 42.5 Å². The van der Waals surface area contributed by atoms with Gasteiger partial charge in [0.05, 0.1) is 17.9 Å². The predicted octanol–water partition coefficient (Wildman–Crippen LogP) is 3.47. The van der Waals surface area contributed by atoms with Crippen molar-refractivity contribution in [3.8, 4) is 0 Å². The van der Waals surface area contributed by atoms with Crippen molar-refractivity contribution in [2.45, 2.75) is 19.3 Å². The predicted molar refractivity (Wildman–Crippen MR) is 101 cm³/mol. The van der Waals surface area contributed by atoms with Crippen molar-refractivity contribution in [3.63, 3.8) is 0 Å². The molecule has 2 aromatic rings. The molecule has 0 spiro atoms. The van der Waals surface area contributed by atoms with Gasteiger partial charge in [-0.2, -0.15) is 0 Å². The number of para-hydroxylation sites is 2. The van der Waals surface area contributed by atoms with Crippen LogP contribution in [-0.2, 0) is 17.6 Å². The van der Waals surface area contributed by atoms with E-state index in [1.54, 1.807) is 0 Å². The Bertz CT molecular complexity index is 747. The lowest BCUT2D eigenvalue weighted by Crippen LogP contribution is -2.39. The third-order valence-corrected chi connectivity index (χ3v) is 4.66. The van der Waals surface area contributed by atoms with E-state index in [9.17, 15) is 4.79 Å². The highest BCUT2D eigenvalue weighted by atomic mass is 35.5. The highest BCUT2D eigenvalue weighted by Crippen LogP contribution is 2.28. The van der Waals surface area contributed by atoms with E-state index in [-0.39, 0.29) is 18.3 Å². The molecule has 1 aliphatic carbocycles. The van der Waals surface area contributed by atoms with Gasteiger partial charge in [0.1, 0.15) is 0 Å². The Morgan fingerprint density at radius 3 is 2.88 bits per heavy atom. The van der Waals surface area contributed by atoms with Gasteiger partial charge in [0.25, 0.3) is 0 Å². The monoisotopic (exact) mass is 343 g/mol. The second-order valence-corrected chi connectivity index (χ2v) is 6.25. The fourth-order valence-corrected chi connectivity index (χ4v) is 3.53. The molecule has 1 aliphatic heterocycles. The van der Waals surface area contributed by atoms with Gasteiger partial charge in [0.15, 0.2) is 0 Å². The molecule has 0 radical (unpaired) electrons. The number of nitrogens with one attached hydrogen (secondary N) is 2. The number of aryl methyl sites for hydroxylation is 2. The molecule has 2 aromatic carbocycles. The summed E-state index contributed by atoms with van der Waals surface area (Å²) >= 11 is 0. The van der Waals surface area contributed by atoms with Gasteiger partial charge in [0.2, 0.25) is 5.91 Å². The molecule has 1 heterocycles. The average molecular weight is 344 g/mol. The van der Waals surface area contributed by atoms with Crippen molar-refractivity contribution in [1.29, 1.82) is 0 Å². The lowest BCUT2D eigenvalue weighted by molar-refractivity contribution is -0.115. The van der Waals surface area contributed by atoms with Gasteiger partial charge < -0.3 is 15.5 Å². The third kappa shape index (κ3) is 3.34. The van der Waals surface area contributed by atoms with Gasteiger partial charge in [-0.1, -0.05) is 18.2 Å². The summed E-state index contributed by atoms with van der Waals surface area (Å²) in [5, 5.41) is 6.42. The maximum Gasteiger partial charge on any atom is 0.243 e. The van der Waals surface area contributed by atoms with E-state index < -0.39 is 0 Å². The minimum atomic E-state index is 0. The van der Waals surface area contributed by atoms with Crippen LogP contribution < -0.4 is 15.5 Å². The largest absolute Gasteiger partial charge is 0.382 e. The maximum absolute atomic E-state index is 12.4. The number of benzene rings is 2.